The van der Waals surface area contributed by atoms with Crippen LogP contribution in [0, 0.1) is 12.3 Å². The van der Waals surface area contributed by atoms with Crippen molar-refractivity contribution in [1.29, 1.82) is 0 Å². The fourth-order valence-electron chi connectivity index (χ4n) is 1.18. The molecule has 0 aromatic heterocycles. The van der Waals surface area contributed by atoms with E-state index in [0.717, 1.165) is 16.7 Å². The number of alkyl halides is 1. The van der Waals surface area contributed by atoms with Crippen LogP contribution < -0.4 is 0 Å². The predicted octanol–water partition coefficient (Wildman–Crippen LogP) is 3.24. The van der Waals surface area contributed by atoms with Crippen molar-refractivity contribution in [2.75, 3.05) is 0 Å². The lowest BCUT2D eigenvalue weighted by molar-refractivity contribution is 1.22. The zero-order chi connectivity index (χ0) is 9.68. The van der Waals surface area contributed by atoms with Gasteiger partial charge in [-0.25, -0.2) is 0 Å². The van der Waals surface area contributed by atoms with E-state index in [2.05, 4.69) is 12.5 Å². The molecule has 1 aromatic rings. The third kappa shape index (κ3) is 2.37. The van der Waals surface area contributed by atoms with Gasteiger partial charge in [0.05, 0.1) is 0 Å². The van der Waals surface area contributed by atoms with E-state index in [-0.39, 0.29) is 0 Å². The highest BCUT2D eigenvalue weighted by Crippen LogP contribution is 2.15. The summed E-state index contributed by atoms with van der Waals surface area (Å²) in [5.41, 5.74) is 3.30. The Morgan fingerprint density at radius 2 is 2.23 bits per heavy atom. The van der Waals surface area contributed by atoms with Gasteiger partial charge in [0.1, 0.15) is 0 Å². The van der Waals surface area contributed by atoms with Gasteiger partial charge < -0.3 is 0 Å². The summed E-state index contributed by atoms with van der Waals surface area (Å²) in [7, 11) is 0. The molecule has 66 valence electrons. The second kappa shape index (κ2) is 4.74. The smallest absolute Gasteiger partial charge is 0.0477 e. The summed E-state index contributed by atoms with van der Waals surface area (Å²) in [6.45, 7) is 3.70. The highest BCUT2D eigenvalue weighted by Gasteiger charge is 2.00. The fourth-order valence-corrected chi connectivity index (χ4v) is 1.44. The minimum Gasteiger partial charge on any atom is -0.122 e. The zero-order valence-corrected chi connectivity index (χ0v) is 8.14. The summed E-state index contributed by atoms with van der Waals surface area (Å²) in [4.78, 5) is 0. The van der Waals surface area contributed by atoms with Crippen LogP contribution in [-0.4, -0.2) is 0 Å². The summed E-state index contributed by atoms with van der Waals surface area (Å²) in [6, 6.07) is 6.02. The molecule has 0 aliphatic rings. The Bertz CT molecular complexity index is 345. The average Bonchev–Trinajstić information content (AvgIpc) is 2.18. The van der Waals surface area contributed by atoms with Crippen molar-refractivity contribution in [1.82, 2.24) is 0 Å². The van der Waals surface area contributed by atoms with Crippen LogP contribution >= 0.6 is 11.6 Å². The van der Waals surface area contributed by atoms with Gasteiger partial charge in [-0.15, -0.1) is 23.9 Å². The molecule has 0 nitrogen and oxygen atoms in total. The first-order valence-electron chi connectivity index (χ1n) is 4.05. The highest BCUT2D eigenvalue weighted by molar-refractivity contribution is 6.17. The van der Waals surface area contributed by atoms with Gasteiger partial charge in [0.15, 0.2) is 0 Å². The predicted molar refractivity (Wildman–Crippen MR) is 58.6 cm³/mol. The van der Waals surface area contributed by atoms with Gasteiger partial charge in [0.2, 0.25) is 0 Å². The first-order chi connectivity index (χ1) is 6.31. The molecule has 1 aromatic carbocycles. The third-order valence-corrected chi connectivity index (χ3v) is 2.19. The number of benzene rings is 1. The molecule has 0 spiro atoms. The molecule has 0 fully saturated rings. The first-order valence-corrected chi connectivity index (χ1v) is 4.59. The molecule has 0 saturated heterocycles. The molecule has 0 N–H and O–H groups in total. The Morgan fingerprint density at radius 3 is 2.77 bits per heavy atom. The minimum atomic E-state index is 0.508. The topological polar surface area (TPSA) is 0 Å². The lowest BCUT2D eigenvalue weighted by atomic mass is 10.0. The molecule has 0 saturated carbocycles. The molecule has 1 rings (SSSR count). The van der Waals surface area contributed by atoms with Crippen molar-refractivity contribution < 1.29 is 0 Å². The Hall–Kier alpha value is -1.19. The van der Waals surface area contributed by atoms with Crippen LogP contribution in [0.3, 0.4) is 0 Å². The van der Waals surface area contributed by atoms with Gasteiger partial charge in [0.25, 0.3) is 0 Å². The lowest BCUT2D eigenvalue weighted by Gasteiger charge is -2.04. The quantitative estimate of drug-likeness (QED) is 0.507. The summed E-state index contributed by atoms with van der Waals surface area (Å²) in [5, 5.41) is 0. The van der Waals surface area contributed by atoms with Crippen LogP contribution in [-0.2, 0) is 12.3 Å². The van der Waals surface area contributed by atoms with Gasteiger partial charge in [-0.1, -0.05) is 30.9 Å². The Balaban J connectivity index is 3.11. The second-order valence-electron chi connectivity index (χ2n) is 2.75. The van der Waals surface area contributed by atoms with E-state index in [0.29, 0.717) is 12.3 Å². The van der Waals surface area contributed by atoms with Crippen molar-refractivity contribution in [3.63, 3.8) is 0 Å². The van der Waals surface area contributed by atoms with Gasteiger partial charge in [0, 0.05) is 12.3 Å². The highest BCUT2D eigenvalue weighted by atomic mass is 35.5. The van der Waals surface area contributed by atoms with Crippen molar-refractivity contribution in [2.24, 2.45) is 0 Å². The monoisotopic (exact) mass is 190 g/mol. The first kappa shape index (κ1) is 9.89. The van der Waals surface area contributed by atoms with E-state index >= 15 is 0 Å². The van der Waals surface area contributed by atoms with E-state index in [9.17, 15) is 0 Å². The number of halogens is 1. The third-order valence-electron chi connectivity index (χ3n) is 1.90. The van der Waals surface area contributed by atoms with Crippen molar-refractivity contribution in [3.8, 4) is 12.3 Å². The van der Waals surface area contributed by atoms with Crippen LogP contribution in [0.15, 0.2) is 24.8 Å². The molecule has 13 heavy (non-hydrogen) atoms. The normalized spacial score (nSPS) is 9.23. The number of terminal acetylenes is 1. The molecular formula is C12H11Cl. The standard InChI is InChI=1S/C12H11Cl/c1-3-5-11-8-10(4-2)6-7-12(11)9-13/h1,4,6-8H,2,5,9H2. The second-order valence-corrected chi connectivity index (χ2v) is 3.01. The summed E-state index contributed by atoms with van der Waals surface area (Å²) in [6.07, 6.45) is 7.69. The van der Waals surface area contributed by atoms with E-state index in [1.165, 1.54) is 0 Å². The molecule has 0 heterocycles. The van der Waals surface area contributed by atoms with Crippen LogP contribution in [0.1, 0.15) is 16.7 Å². The largest absolute Gasteiger partial charge is 0.122 e. The molecule has 0 radical (unpaired) electrons. The van der Waals surface area contributed by atoms with Gasteiger partial charge in [-0.05, 0) is 16.7 Å². The zero-order valence-electron chi connectivity index (χ0n) is 7.39. The minimum absolute atomic E-state index is 0.508. The Kier molecular flexibility index (Phi) is 3.61. The van der Waals surface area contributed by atoms with E-state index < -0.39 is 0 Å². The Morgan fingerprint density at radius 1 is 1.46 bits per heavy atom. The van der Waals surface area contributed by atoms with Gasteiger partial charge in [-0.3, -0.25) is 0 Å². The Labute approximate surface area is 84.2 Å². The van der Waals surface area contributed by atoms with Gasteiger partial charge in [-0.2, -0.15) is 0 Å². The number of hydrogen-bond acceptors (Lipinski definition) is 0. The molecule has 0 atom stereocenters. The van der Waals surface area contributed by atoms with Crippen LogP contribution in [0.25, 0.3) is 6.08 Å². The van der Waals surface area contributed by atoms with E-state index in [4.69, 9.17) is 18.0 Å². The molecule has 1 heteroatoms. The van der Waals surface area contributed by atoms with Crippen LogP contribution in [0.4, 0.5) is 0 Å². The van der Waals surface area contributed by atoms with E-state index in [1.807, 2.05) is 18.2 Å². The van der Waals surface area contributed by atoms with Crippen LogP contribution in [0.2, 0.25) is 0 Å². The average molecular weight is 191 g/mol. The molecule has 0 unspecified atom stereocenters. The van der Waals surface area contributed by atoms with E-state index in [1.54, 1.807) is 6.08 Å². The van der Waals surface area contributed by atoms with Crippen molar-refractivity contribution >= 4 is 17.7 Å². The van der Waals surface area contributed by atoms with Crippen LogP contribution in [0.5, 0.6) is 0 Å². The molecule has 0 aliphatic heterocycles. The molecule has 0 aliphatic carbocycles. The summed E-state index contributed by atoms with van der Waals surface area (Å²) < 4.78 is 0. The molecular weight excluding hydrogens is 180 g/mol. The lowest BCUT2D eigenvalue weighted by Crippen LogP contribution is -1.90. The summed E-state index contributed by atoms with van der Waals surface area (Å²) in [5.74, 6) is 3.13. The molecule has 0 amide bonds. The number of hydrogen-bond donors (Lipinski definition) is 0. The van der Waals surface area contributed by atoms with Crippen molar-refractivity contribution in [2.45, 2.75) is 12.3 Å². The van der Waals surface area contributed by atoms with Gasteiger partial charge >= 0.3 is 0 Å². The fraction of sp³-hybridized carbons (Fsp3) is 0.167. The summed E-state index contributed by atoms with van der Waals surface area (Å²) >= 11 is 5.77. The number of rotatable bonds is 3. The maximum atomic E-state index is 5.77. The SMILES string of the molecule is C#CCc1cc(C=C)ccc1CCl. The van der Waals surface area contributed by atoms with Crippen molar-refractivity contribution in [3.05, 3.63) is 41.5 Å². The maximum Gasteiger partial charge on any atom is 0.0477 e. The maximum absolute atomic E-state index is 5.77. The molecule has 0 bridgehead atoms.